The number of nitrogens with zero attached hydrogens (tertiary/aromatic N) is 4. The van der Waals surface area contributed by atoms with Gasteiger partial charge < -0.3 is 28.8 Å². The molecule has 9 nitrogen and oxygen atoms in total. The summed E-state index contributed by atoms with van der Waals surface area (Å²) in [4.78, 5) is 46.9. The van der Waals surface area contributed by atoms with Gasteiger partial charge in [0.25, 0.3) is 0 Å². The molecule has 0 unspecified atom stereocenters. The molecule has 56 heavy (non-hydrogen) atoms. The van der Waals surface area contributed by atoms with E-state index in [9.17, 15) is 40.7 Å². The zero-order chi connectivity index (χ0) is 40.5. The first-order chi connectivity index (χ1) is 26.6. The van der Waals surface area contributed by atoms with Crippen molar-refractivity contribution in [1.29, 1.82) is 0 Å². The van der Waals surface area contributed by atoms with E-state index in [-0.39, 0.29) is 44.4 Å². The third-order valence-electron chi connectivity index (χ3n) is 9.38. The Labute approximate surface area is 320 Å². The average Bonchev–Trinajstić information content (AvgIpc) is 3.67. The molecule has 4 aromatic rings. The number of ether oxygens (including phenoxy) is 1. The molecule has 298 valence electrons. The highest BCUT2D eigenvalue weighted by Gasteiger charge is 2.35. The lowest BCUT2D eigenvalue weighted by Crippen LogP contribution is -2.51. The van der Waals surface area contributed by atoms with Crippen molar-refractivity contribution in [3.8, 4) is 0 Å². The molecule has 1 aliphatic heterocycles. The lowest BCUT2D eigenvalue weighted by molar-refractivity contribution is -0.154. The summed E-state index contributed by atoms with van der Waals surface area (Å²) in [6.07, 6.45) is -6.43. The standard InChI is InChI=1S/C41H42F6N4O5/c1-29(52)49-20-22-50(23-21-49)34-15-10-32(11-16-34)27-51(38(53)19-12-30-8-13-33(14-9-30)40(42,43)44)36(26-31-6-4-3-5-7-31)39(54)48(2)24-25-55-28-35-17-18-37(56-35)41(45,46)47/h3-19,36H,20-28H2,1-2H3/t36-/m0/s1. The predicted octanol–water partition coefficient (Wildman–Crippen LogP) is 7.31. The molecular formula is C41H42F6N4O5. The topological polar surface area (TPSA) is 86.5 Å². The Kier molecular flexibility index (Phi) is 13.6. The van der Waals surface area contributed by atoms with Crippen LogP contribution in [0.5, 0.6) is 0 Å². The number of amides is 3. The number of benzene rings is 3. The van der Waals surface area contributed by atoms with E-state index in [4.69, 9.17) is 9.15 Å². The van der Waals surface area contributed by atoms with Crippen molar-refractivity contribution in [1.82, 2.24) is 14.7 Å². The van der Waals surface area contributed by atoms with Crippen LogP contribution in [-0.2, 0) is 51.0 Å². The summed E-state index contributed by atoms with van der Waals surface area (Å²) in [7, 11) is 1.53. The molecule has 3 aromatic carbocycles. The molecule has 1 atom stereocenters. The molecule has 0 spiro atoms. The predicted molar refractivity (Wildman–Crippen MR) is 197 cm³/mol. The fraction of sp³-hybridized carbons (Fsp3) is 0.341. The van der Waals surface area contributed by atoms with Gasteiger partial charge in [0.05, 0.1) is 12.2 Å². The van der Waals surface area contributed by atoms with Crippen LogP contribution in [0.25, 0.3) is 6.08 Å². The van der Waals surface area contributed by atoms with Crippen LogP contribution < -0.4 is 4.90 Å². The van der Waals surface area contributed by atoms with E-state index in [0.29, 0.717) is 37.3 Å². The molecular weight excluding hydrogens is 742 g/mol. The molecule has 1 fully saturated rings. The molecule has 3 amide bonds. The van der Waals surface area contributed by atoms with E-state index in [0.717, 1.165) is 35.5 Å². The van der Waals surface area contributed by atoms with Crippen molar-refractivity contribution in [3.63, 3.8) is 0 Å². The Morgan fingerprint density at radius 2 is 1.48 bits per heavy atom. The van der Waals surface area contributed by atoms with Crippen LogP contribution in [-0.4, -0.2) is 84.8 Å². The summed E-state index contributed by atoms with van der Waals surface area (Å²) < 4.78 is 88.6. The van der Waals surface area contributed by atoms with E-state index in [1.165, 1.54) is 41.1 Å². The molecule has 2 heterocycles. The number of anilines is 1. The highest BCUT2D eigenvalue weighted by atomic mass is 19.4. The largest absolute Gasteiger partial charge is 0.454 e. The van der Waals surface area contributed by atoms with Crippen molar-refractivity contribution in [2.75, 3.05) is 51.3 Å². The number of piperazine rings is 1. The smallest absolute Gasteiger partial charge is 0.449 e. The quantitative estimate of drug-likeness (QED) is 0.0758. The Morgan fingerprint density at radius 1 is 0.821 bits per heavy atom. The number of carbonyl (C=O) groups excluding carboxylic acids is 3. The van der Waals surface area contributed by atoms with E-state index in [1.54, 1.807) is 24.0 Å². The minimum atomic E-state index is -4.64. The zero-order valence-electron chi connectivity index (χ0n) is 30.9. The van der Waals surface area contributed by atoms with Gasteiger partial charge >= 0.3 is 12.4 Å². The number of likely N-dealkylation sites (N-methyl/N-ethyl adjacent to an activating group) is 1. The first kappa shape index (κ1) is 41.6. The van der Waals surface area contributed by atoms with E-state index >= 15 is 0 Å². The van der Waals surface area contributed by atoms with Gasteiger partial charge in [-0.25, -0.2) is 0 Å². The van der Waals surface area contributed by atoms with Crippen molar-refractivity contribution < 1.29 is 49.9 Å². The van der Waals surface area contributed by atoms with Gasteiger partial charge in [-0.1, -0.05) is 54.6 Å². The minimum absolute atomic E-state index is 0.00217. The van der Waals surface area contributed by atoms with Gasteiger partial charge in [-0.05, 0) is 59.2 Å². The van der Waals surface area contributed by atoms with Crippen molar-refractivity contribution >= 4 is 29.5 Å². The monoisotopic (exact) mass is 784 g/mol. The Morgan fingerprint density at radius 3 is 2.07 bits per heavy atom. The van der Waals surface area contributed by atoms with Gasteiger partial charge in [0.15, 0.2) is 0 Å². The molecule has 15 heteroatoms. The fourth-order valence-corrected chi connectivity index (χ4v) is 6.19. The molecule has 5 rings (SSSR count). The molecule has 0 N–H and O–H groups in total. The molecule has 0 saturated carbocycles. The second-order valence-electron chi connectivity index (χ2n) is 13.4. The summed E-state index contributed by atoms with van der Waals surface area (Å²) in [5.74, 6) is -2.16. The molecule has 1 aliphatic rings. The number of rotatable bonds is 14. The van der Waals surface area contributed by atoms with Crippen LogP contribution in [0.1, 0.15) is 40.7 Å². The summed E-state index contributed by atoms with van der Waals surface area (Å²) in [5.41, 5.74) is 1.92. The fourth-order valence-electron chi connectivity index (χ4n) is 6.19. The summed E-state index contributed by atoms with van der Waals surface area (Å²) >= 11 is 0. The minimum Gasteiger partial charge on any atom is -0.454 e. The summed E-state index contributed by atoms with van der Waals surface area (Å²) in [6, 6.07) is 21.9. The van der Waals surface area contributed by atoms with Crippen molar-refractivity contribution in [2.24, 2.45) is 0 Å². The third-order valence-corrected chi connectivity index (χ3v) is 9.38. The van der Waals surface area contributed by atoms with Crippen molar-refractivity contribution in [3.05, 3.63) is 131 Å². The van der Waals surface area contributed by atoms with E-state index in [1.807, 2.05) is 42.5 Å². The average molecular weight is 785 g/mol. The van der Waals surface area contributed by atoms with Crippen LogP contribution >= 0.6 is 0 Å². The highest BCUT2D eigenvalue weighted by Crippen LogP contribution is 2.31. The second-order valence-corrected chi connectivity index (χ2v) is 13.4. The summed E-state index contributed by atoms with van der Waals surface area (Å²) in [6.45, 7) is 3.76. The first-order valence-corrected chi connectivity index (χ1v) is 17.9. The Hall–Kier alpha value is -5.57. The normalized spacial score (nSPS) is 14.2. The molecule has 0 aliphatic carbocycles. The van der Waals surface area contributed by atoms with Crippen LogP contribution in [0, 0.1) is 0 Å². The van der Waals surface area contributed by atoms with Gasteiger partial charge in [-0.3, -0.25) is 14.4 Å². The maximum Gasteiger partial charge on any atom is 0.449 e. The number of carbonyl (C=O) groups is 3. The Bertz CT molecular complexity index is 1940. The van der Waals surface area contributed by atoms with Gasteiger partial charge in [-0.15, -0.1) is 0 Å². The van der Waals surface area contributed by atoms with Crippen LogP contribution in [0.2, 0.25) is 0 Å². The molecule has 0 bridgehead atoms. The SMILES string of the molecule is CC(=O)N1CCN(c2ccc(CN(C(=O)C=Cc3ccc(C(F)(F)F)cc3)[C@@H](Cc3ccccc3)C(=O)N(C)CCOCc3ccc(C(F)(F)F)o3)cc2)CC1. The van der Waals surface area contributed by atoms with E-state index in [2.05, 4.69) is 4.90 Å². The van der Waals surface area contributed by atoms with E-state index < -0.39 is 41.5 Å². The molecule has 1 saturated heterocycles. The lowest BCUT2D eigenvalue weighted by Gasteiger charge is -2.36. The number of alkyl halides is 6. The number of halogens is 6. The van der Waals surface area contributed by atoms with Crippen molar-refractivity contribution in [2.45, 2.75) is 44.9 Å². The van der Waals surface area contributed by atoms with Crippen LogP contribution in [0.4, 0.5) is 32.0 Å². The maximum atomic E-state index is 14.3. The van der Waals surface area contributed by atoms with Gasteiger partial charge in [0.2, 0.25) is 23.5 Å². The lowest BCUT2D eigenvalue weighted by atomic mass is 10.0. The van der Waals surface area contributed by atoms with Crippen LogP contribution in [0.3, 0.4) is 0 Å². The number of hydrogen-bond donors (Lipinski definition) is 0. The number of hydrogen-bond acceptors (Lipinski definition) is 6. The number of furan rings is 1. The maximum absolute atomic E-state index is 14.3. The van der Waals surface area contributed by atoms with Crippen LogP contribution in [0.15, 0.2) is 101 Å². The van der Waals surface area contributed by atoms with Gasteiger partial charge in [0.1, 0.15) is 18.4 Å². The molecule has 0 radical (unpaired) electrons. The Balaban J connectivity index is 1.37. The van der Waals surface area contributed by atoms with Gasteiger partial charge in [0, 0.05) is 71.4 Å². The van der Waals surface area contributed by atoms with Gasteiger partial charge in [-0.2, -0.15) is 26.3 Å². The molecule has 1 aromatic heterocycles. The highest BCUT2D eigenvalue weighted by molar-refractivity contribution is 5.95. The second kappa shape index (κ2) is 18.4. The summed E-state index contributed by atoms with van der Waals surface area (Å²) in [5, 5.41) is 0. The third kappa shape index (κ3) is 11.5. The zero-order valence-corrected chi connectivity index (χ0v) is 30.9. The first-order valence-electron chi connectivity index (χ1n) is 17.9.